The van der Waals surface area contributed by atoms with E-state index in [9.17, 15) is 22.8 Å². The molecule has 4 rings (SSSR count). The Hall–Kier alpha value is -3.41. The molecular formula is C19H18F3N3O6. The van der Waals surface area contributed by atoms with Gasteiger partial charge in [-0.1, -0.05) is 6.07 Å². The van der Waals surface area contributed by atoms with E-state index in [1.165, 1.54) is 6.26 Å². The molecule has 12 heteroatoms. The molecule has 1 N–H and O–H groups in total. The summed E-state index contributed by atoms with van der Waals surface area (Å²) >= 11 is 0. The molecule has 0 radical (unpaired) electrons. The van der Waals surface area contributed by atoms with Crippen molar-refractivity contribution in [2.75, 3.05) is 19.7 Å². The maximum absolute atomic E-state index is 12.5. The lowest BCUT2D eigenvalue weighted by Gasteiger charge is -2.36. The number of amides is 2. The molecule has 166 valence electrons. The molecule has 0 bridgehead atoms. The monoisotopic (exact) mass is 441 g/mol. The van der Waals surface area contributed by atoms with Gasteiger partial charge in [-0.3, -0.25) is 14.6 Å². The fourth-order valence-electron chi connectivity index (χ4n) is 3.28. The van der Waals surface area contributed by atoms with Crippen molar-refractivity contribution in [3.05, 3.63) is 54.2 Å². The van der Waals surface area contributed by atoms with Crippen LogP contribution in [0.2, 0.25) is 0 Å². The number of alkyl halides is 3. The van der Waals surface area contributed by atoms with Gasteiger partial charge in [-0.25, -0.2) is 4.79 Å². The number of aromatic nitrogens is 1. The summed E-state index contributed by atoms with van der Waals surface area (Å²) in [7, 11) is 0. The fourth-order valence-corrected chi connectivity index (χ4v) is 3.28. The summed E-state index contributed by atoms with van der Waals surface area (Å²) in [5, 5.41) is 7.12. The van der Waals surface area contributed by atoms with Crippen LogP contribution in [0, 0.1) is 0 Å². The summed E-state index contributed by atoms with van der Waals surface area (Å²) in [5.41, 5.74) is 0.960. The molecule has 0 spiro atoms. The number of pyridine rings is 1. The SMILES string of the molecule is O=C(O)C(F)(F)F.O=C(c1ccco1)N1C[C@@H]2[C@@H](C1)OCC(=O)N2Cc1cccnc1. The molecule has 2 amide bonds. The van der Waals surface area contributed by atoms with Crippen molar-refractivity contribution in [3.8, 4) is 0 Å². The van der Waals surface area contributed by atoms with Gasteiger partial charge in [-0.2, -0.15) is 13.2 Å². The summed E-state index contributed by atoms with van der Waals surface area (Å²) in [5.74, 6) is -2.69. The molecule has 9 nitrogen and oxygen atoms in total. The standard InChI is InChI=1S/C17H17N3O4.C2HF3O2/c21-16-11-24-15-10-19(17(22)14-4-2-6-23-14)9-13(15)20(16)8-12-3-1-5-18-7-12;3-2(4,5)1(6)7/h1-7,13,15H,8-11H2;(H,6,7)/t13-,15-;/m1./s1. The predicted molar refractivity (Wildman–Crippen MR) is 96.6 cm³/mol. The van der Waals surface area contributed by atoms with Crippen molar-refractivity contribution in [1.82, 2.24) is 14.8 Å². The Morgan fingerprint density at radius 3 is 2.55 bits per heavy atom. The Balaban J connectivity index is 0.000000339. The second-order valence-electron chi connectivity index (χ2n) is 6.79. The molecule has 4 heterocycles. The van der Waals surface area contributed by atoms with Crippen molar-refractivity contribution >= 4 is 17.8 Å². The van der Waals surface area contributed by atoms with Gasteiger partial charge in [0.2, 0.25) is 5.91 Å². The molecule has 2 aromatic rings. The molecule has 0 saturated carbocycles. The molecule has 0 unspecified atom stereocenters. The molecular weight excluding hydrogens is 423 g/mol. The van der Waals surface area contributed by atoms with Gasteiger partial charge in [0.15, 0.2) is 5.76 Å². The zero-order valence-electron chi connectivity index (χ0n) is 16.0. The molecule has 2 aliphatic heterocycles. The minimum atomic E-state index is -5.08. The molecule has 31 heavy (non-hydrogen) atoms. The van der Waals surface area contributed by atoms with Gasteiger partial charge in [0.1, 0.15) is 6.61 Å². The molecule has 2 aromatic heterocycles. The van der Waals surface area contributed by atoms with E-state index in [4.69, 9.17) is 19.1 Å². The first-order valence-corrected chi connectivity index (χ1v) is 9.09. The second-order valence-corrected chi connectivity index (χ2v) is 6.79. The van der Waals surface area contributed by atoms with Gasteiger partial charge in [0.05, 0.1) is 18.4 Å². The third-order valence-electron chi connectivity index (χ3n) is 4.72. The largest absolute Gasteiger partial charge is 0.490 e. The number of ether oxygens (including phenoxy) is 1. The number of carbonyl (C=O) groups is 3. The number of carbonyl (C=O) groups excluding carboxylic acids is 2. The zero-order chi connectivity index (χ0) is 22.6. The van der Waals surface area contributed by atoms with Crippen molar-refractivity contribution < 1.29 is 41.8 Å². The van der Waals surface area contributed by atoms with E-state index >= 15 is 0 Å². The summed E-state index contributed by atoms with van der Waals surface area (Å²) in [6.07, 6.45) is -0.325. The van der Waals surface area contributed by atoms with Gasteiger partial charge in [0.25, 0.3) is 5.91 Å². The summed E-state index contributed by atoms with van der Waals surface area (Å²) in [6.45, 7) is 1.42. The minimum Gasteiger partial charge on any atom is -0.475 e. The number of nitrogens with zero attached hydrogens (tertiary/aromatic N) is 3. The number of carboxylic acid groups (broad SMARTS) is 1. The molecule has 2 atom stereocenters. The second kappa shape index (κ2) is 9.16. The third kappa shape index (κ3) is 5.40. The van der Waals surface area contributed by atoms with Crippen molar-refractivity contribution in [2.24, 2.45) is 0 Å². The third-order valence-corrected chi connectivity index (χ3v) is 4.72. The molecule has 0 aromatic carbocycles. The fraction of sp³-hybridized carbons (Fsp3) is 0.368. The Bertz CT molecular complexity index is 920. The van der Waals surface area contributed by atoms with Crippen LogP contribution < -0.4 is 0 Å². The lowest BCUT2D eigenvalue weighted by Crippen LogP contribution is -2.53. The highest BCUT2D eigenvalue weighted by Gasteiger charge is 2.45. The maximum atomic E-state index is 12.5. The van der Waals surface area contributed by atoms with Crippen LogP contribution >= 0.6 is 0 Å². The van der Waals surface area contributed by atoms with Crippen LogP contribution in [-0.4, -0.2) is 75.7 Å². The highest BCUT2D eigenvalue weighted by atomic mass is 19.4. The molecule has 2 fully saturated rings. The van der Waals surface area contributed by atoms with Gasteiger partial charge in [-0.15, -0.1) is 0 Å². The van der Waals surface area contributed by atoms with Crippen LogP contribution in [0.4, 0.5) is 13.2 Å². The van der Waals surface area contributed by atoms with Crippen LogP contribution in [-0.2, 0) is 20.9 Å². The van der Waals surface area contributed by atoms with E-state index in [1.807, 2.05) is 12.1 Å². The average molecular weight is 441 g/mol. The molecule has 2 aliphatic rings. The number of morpholine rings is 1. The number of aliphatic carboxylic acids is 1. The minimum absolute atomic E-state index is 0.0458. The summed E-state index contributed by atoms with van der Waals surface area (Å²) < 4.78 is 42.6. The summed E-state index contributed by atoms with van der Waals surface area (Å²) in [6, 6.07) is 6.96. The number of rotatable bonds is 3. The Morgan fingerprint density at radius 2 is 1.97 bits per heavy atom. The van der Waals surface area contributed by atoms with Crippen LogP contribution in [0.15, 0.2) is 47.3 Å². The Kier molecular flexibility index (Phi) is 6.59. The zero-order valence-corrected chi connectivity index (χ0v) is 16.0. The van der Waals surface area contributed by atoms with Gasteiger partial charge >= 0.3 is 12.1 Å². The molecule has 0 aliphatic carbocycles. The number of furan rings is 1. The van der Waals surface area contributed by atoms with Crippen LogP contribution in [0.5, 0.6) is 0 Å². The van der Waals surface area contributed by atoms with Crippen molar-refractivity contribution in [1.29, 1.82) is 0 Å². The van der Waals surface area contributed by atoms with E-state index in [2.05, 4.69) is 4.98 Å². The van der Waals surface area contributed by atoms with E-state index in [0.29, 0.717) is 25.4 Å². The van der Waals surface area contributed by atoms with Crippen LogP contribution in [0.25, 0.3) is 0 Å². The number of hydrogen-bond acceptors (Lipinski definition) is 6. The van der Waals surface area contributed by atoms with E-state index < -0.39 is 12.1 Å². The smallest absolute Gasteiger partial charge is 0.475 e. The van der Waals surface area contributed by atoms with Gasteiger partial charge in [0, 0.05) is 32.0 Å². The number of fused-ring (bicyclic) bond motifs is 1. The highest BCUT2D eigenvalue weighted by Crippen LogP contribution is 2.26. The predicted octanol–water partition coefficient (Wildman–Crippen LogP) is 1.56. The normalized spacial score (nSPS) is 20.7. The first-order valence-electron chi connectivity index (χ1n) is 9.09. The van der Waals surface area contributed by atoms with Crippen molar-refractivity contribution in [2.45, 2.75) is 24.9 Å². The average Bonchev–Trinajstić information content (AvgIpc) is 3.40. The Morgan fingerprint density at radius 1 is 1.23 bits per heavy atom. The van der Waals surface area contributed by atoms with Crippen LogP contribution in [0.1, 0.15) is 16.1 Å². The lowest BCUT2D eigenvalue weighted by molar-refractivity contribution is -0.192. The van der Waals surface area contributed by atoms with E-state index in [1.54, 1.807) is 34.3 Å². The summed E-state index contributed by atoms with van der Waals surface area (Å²) in [4.78, 5) is 41.2. The topological polar surface area (TPSA) is 113 Å². The number of hydrogen-bond donors (Lipinski definition) is 1. The number of likely N-dealkylation sites (tertiary alicyclic amines) is 1. The first kappa shape index (κ1) is 22.3. The number of halogens is 3. The number of carboxylic acids is 1. The van der Waals surface area contributed by atoms with Gasteiger partial charge < -0.3 is 24.1 Å². The quantitative estimate of drug-likeness (QED) is 0.769. The van der Waals surface area contributed by atoms with E-state index in [-0.39, 0.29) is 30.6 Å². The van der Waals surface area contributed by atoms with Crippen molar-refractivity contribution in [3.63, 3.8) is 0 Å². The Labute approximate surface area is 174 Å². The molecule has 2 saturated heterocycles. The van der Waals surface area contributed by atoms with E-state index in [0.717, 1.165) is 5.56 Å². The van der Waals surface area contributed by atoms with Crippen LogP contribution in [0.3, 0.4) is 0 Å². The first-order chi connectivity index (χ1) is 14.7. The highest BCUT2D eigenvalue weighted by molar-refractivity contribution is 5.92. The van der Waals surface area contributed by atoms with Gasteiger partial charge in [-0.05, 0) is 23.8 Å². The lowest BCUT2D eigenvalue weighted by atomic mass is 10.1. The maximum Gasteiger partial charge on any atom is 0.490 e.